The van der Waals surface area contributed by atoms with Gasteiger partial charge < -0.3 is 10.4 Å². The summed E-state index contributed by atoms with van der Waals surface area (Å²) < 4.78 is 40.3. The monoisotopic (exact) mass is 475 g/mol. The lowest BCUT2D eigenvalue weighted by Gasteiger charge is -2.38. The molecule has 3 rings (SSSR count). The molecule has 2 N–H and O–H groups in total. The first-order valence-corrected chi connectivity index (χ1v) is 12.8. The molecule has 1 aliphatic carbocycles. The molecule has 0 saturated heterocycles. The van der Waals surface area contributed by atoms with Crippen LogP contribution in [0.2, 0.25) is 5.02 Å². The number of aliphatic hydroxyl groups excluding tert-OH is 1. The van der Waals surface area contributed by atoms with Crippen molar-refractivity contribution in [2.75, 3.05) is 25.5 Å². The predicted octanol–water partition coefficient (Wildman–Crippen LogP) is 3.87. The molecule has 166 valence electrons. The van der Waals surface area contributed by atoms with E-state index in [0.29, 0.717) is 17.2 Å². The molecule has 1 fully saturated rings. The van der Waals surface area contributed by atoms with Crippen LogP contribution in [0.5, 0.6) is 0 Å². The van der Waals surface area contributed by atoms with E-state index in [1.165, 1.54) is 23.5 Å². The van der Waals surface area contributed by atoms with Gasteiger partial charge >= 0.3 is 0 Å². The van der Waals surface area contributed by atoms with Crippen LogP contribution in [0.3, 0.4) is 0 Å². The maximum Gasteiger partial charge on any atom is 0.187 e. The number of benzene rings is 1. The van der Waals surface area contributed by atoms with Crippen molar-refractivity contribution < 1.29 is 17.9 Å². The summed E-state index contributed by atoms with van der Waals surface area (Å²) >= 11 is 7.60. The number of aliphatic hydroxyl groups is 1. The van der Waals surface area contributed by atoms with Gasteiger partial charge in [0.2, 0.25) is 0 Å². The fraction of sp³-hybridized carbons (Fsp3) is 0.550. The summed E-state index contributed by atoms with van der Waals surface area (Å²) in [5, 5.41) is 14.9. The molecule has 1 aromatic heterocycles. The number of hydrogen-bond acceptors (Lipinski definition) is 7. The Kier molecular flexibility index (Phi) is 7.73. The Balaban J connectivity index is 1.81. The smallest absolute Gasteiger partial charge is 0.187 e. The highest BCUT2D eigenvalue weighted by Crippen LogP contribution is 2.33. The minimum atomic E-state index is -3.91. The lowest BCUT2D eigenvalue weighted by Crippen LogP contribution is -2.48. The van der Waals surface area contributed by atoms with Crippen molar-refractivity contribution in [2.45, 2.75) is 55.3 Å². The molecule has 1 saturated carbocycles. The van der Waals surface area contributed by atoms with Crippen LogP contribution in [-0.2, 0) is 15.6 Å². The predicted molar refractivity (Wildman–Crippen MR) is 119 cm³/mol. The second-order valence-corrected chi connectivity index (χ2v) is 11.0. The summed E-state index contributed by atoms with van der Waals surface area (Å²) in [5.41, 5.74) is 1.11. The van der Waals surface area contributed by atoms with Crippen molar-refractivity contribution in [2.24, 2.45) is 0 Å². The summed E-state index contributed by atoms with van der Waals surface area (Å²) in [4.78, 5) is 5.84. The van der Waals surface area contributed by atoms with Gasteiger partial charge in [-0.1, -0.05) is 24.4 Å². The average Bonchev–Trinajstić information content (AvgIpc) is 3.08. The number of hydrogen-bond donors (Lipinski definition) is 2. The van der Waals surface area contributed by atoms with Crippen LogP contribution in [0.15, 0.2) is 22.4 Å². The lowest BCUT2D eigenvalue weighted by atomic mass is 9.89. The molecule has 30 heavy (non-hydrogen) atoms. The molecule has 0 unspecified atom stereocenters. The van der Waals surface area contributed by atoms with Crippen molar-refractivity contribution in [1.29, 1.82) is 0 Å². The van der Waals surface area contributed by atoms with Crippen LogP contribution in [0.25, 0.3) is 0 Å². The first-order valence-electron chi connectivity index (χ1n) is 9.91. The number of sulfone groups is 1. The third-order valence-corrected chi connectivity index (χ3v) is 8.52. The van der Waals surface area contributed by atoms with E-state index in [-0.39, 0.29) is 29.5 Å². The van der Waals surface area contributed by atoms with Gasteiger partial charge in [-0.3, -0.25) is 4.90 Å². The molecule has 0 aliphatic heterocycles. The Morgan fingerprint density at radius 1 is 1.37 bits per heavy atom. The number of aromatic nitrogens is 1. The molecule has 0 radical (unpaired) electrons. The SMILES string of the molecule is Cc1csc(CS(=O)(=O)c2cc(Cl)c(N[C@H]3CCCC[C@@H]3N(C)CCO)cc2F)n1. The molecule has 1 aliphatic rings. The van der Waals surface area contributed by atoms with E-state index in [0.717, 1.165) is 31.4 Å². The van der Waals surface area contributed by atoms with Crippen molar-refractivity contribution >= 4 is 38.5 Å². The zero-order valence-corrected chi connectivity index (χ0v) is 19.5. The molecule has 10 heteroatoms. The Bertz CT molecular complexity index is 984. The fourth-order valence-corrected chi connectivity index (χ4v) is 6.69. The molecule has 1 heterocycles. The molecule has 0 bridgehead atoms. The fourth-order valence-electron chi connectivity index (χ4n) is 3.92. The highest BCUT2D eigenvalue weighted by atomic mass is 35.5. The Morgan fingerprint density at radius 2 is 2.10 bits per heavy atom. The second-order valence-electron chi connectivity index (χ2n) is 7.71. The van der Waals surface area contributed by atoms with Gasteiger partial charge in [-0.25, -0.2) is 17.8 Å². The van der Waals surface area contributed by atoms with E-state index in [4.69, 9.17) is 11.6 Å². The first-order chi connectivity index (χ1) is 14.2. The molecule has 1 aromatic carbocycles. The highest BCUT2D eigenvalue weighted by molar-refractivity contribution is 7.90. The number of anilines is 1. The zero-order chi connectivity index (χ0) is 21.9. The van der Waals surface area contributed by atoms with Crippen LogP contribution >= 0.6 is 22.9 Å². The van der Waals surface area contributed by atoms with E-state index in [1.807, 2.05) is 7.05 Å². The van der Waals surface area contributed by atoms with Gasteiger partial charge in [0.25, 0.3) is 0 Å². The van der Waals surface area contributed by atoms with Crippen LogP contribution in [0.1, 0.15) is 36.4 Å². The third-order valence-electron chi connectivity index (χ3n) is 5.43. The molecular weight excluding hydrogens is 449 g/mol. The lowest BCUT2D eigenvalue weighted by molar-refractivity contribution is 0.143. The summed E-state index contributed by atoms with van der Waals surface area (Å²) in [6.07, 6.45) is 3.99. The Hall–Kier alpha value is -1.26. The Morgan fingerprint density at radius 3 is 2.77 bits per heavy atom. The van der Waals surface area contributed by atoms with Crippen LogP contribution in [0, 0.1) is 12.7 Å². The van der Waals surface area contributed by atoms with Gasteiger partial charge in [-0.05, 0) is 38.9 Å². The Labute approximate surface area is 186 Å². The average molecular weight is 476 g/mol. The zero-order valence-electron chi connectivity index (χ0n) is 17.1. The van der Waals surface area contributed by atoms with Gasteiger partial charge in [0.15, 0.2) is 9.84 Å². The third kappa shape index (κ3) is 5.50. The minimum absolute atomic E-state index is 0.0351. The normalized spacial score (nSPS) is 19.9. The summed E-state index contributed by atoms with van der Waals surface area (Å²) in [5.74, 6) is -1.19. The molecule has 2 aromatic rings. The number of aryl methyl sites for hydroxylation is 1. The largest absolute Gasteiger partial charge is 0.395 e. The number of nitrogens with one attached hydrogen (secondary N) is 1. The van der Waals surface area contributed by atoms with Crippen molar-refractivity contribution in [1.82, 2.24) is 9.88 Å². The van der Waals surface area contributed by atoms with E-state index >= 15 is 0 Å². The van der Waals surface area contributed by atoms with E-state index in [2.05, 4.69) is 15.2 Å². The van der Waals surface area contributed by atoms with Crippen molar-refractivity contribution in [3.63, 3.8) is 0 Å². The maximum atomic E-state index is 14.8. The number of rotatable bonds is 8. The maximum absolute atomic E-state index is 14.8. The number of halogens is 2. The molecule has 2 atom stereocenters. The minimum Gasteiger partial charge on any atom is -0.395 e. The molecular formula is C20H27ClFN3O3S2. The standard InChI is InChI=1S/C20H27ClFN3O3S2/c1-13-11-29-20(23-13)12-30(27,28)19-9-14(21)17(10-15(19)22)24-16-5-3-4-6-18(16)25(2)7-8-26/h9-11,16,18,24,26H,3-8,12H2,1-2H3/t16-,18-/m0/s1. The van der Waals surface area contributed by atoms with Gasteiger partial charge in [0, 0.05) is 29.7 Å². The number of thiazole rings is 1. The van der Waals surface area contributed by atoms with Crippen molar-refractivity contribution in [3.05, 3.63) is 39.1 Å². The summed E-state index contributed by atoms with van der Waals surface area (Å²) in [6, 6.07) is 2.57. The molecule has 6 nitrogen and oxygen atoms in total. The van der Waals surface area contributed by atoms with E-state index in [1.54, 1.807) is 12.3 Å². The van der Waals surface area contributed by atoms with Gasteiger partial charge in [0.1, 0.15) is 21.5 Å². The van der Waals surface area contributed by atoms with Crippen LogP contribution in [-0.4, -0.2) is 55.7 Å². The van der Waals surface area contributed by atoms with Crippen LogP contribution < -0.4 is 5.32 Å². The van der Waals surface area contributed by atoms with Gasteiger partial charge in [0.05, 0.1) is 17.3 Å². The van der Waals surface area contributed by atoms with E-state index in [9.17, 15) is 17.9 Å². The first kappa shape index (κ1) is 23.4. The van der Waals surface area contributed by atoms with Gasteiger partial charge in [-0.2, -0.15) is 0 Å². The van der Waals surface area contributed by atoms with Gasteiger partial charge in [-0.15, -0.1) is 11.3 Å². The van der Waals surface area contributed by atoms with Crippen LogP contribution in [0.4, 0.5) is 10.1 Å². The molecule has 0 amide bonds. The summed E-state index contributed by atoms with van der Waals surface area (Å²) in [7, 11) is -1.95. The van der Waals surface area contributed by atoms with Crippen molar-refractivity contribution in [3.8, 4) is 0 Å². The summed E-state index contributed by atoms with van der Waals surface area (Å²) in [6.45, 7) is 2.40. The molecule has 0 spiro atoms. The van der Waals surface area contributed by atoms with E-state index < -0.39 is 20.5 Å². The topological polar surface area (TPSA) is 82.5 Å². The number of likely N-dealkylation sites (N-methyl/N-ethyl adjacent to an activating group) is 1. The number of nitrogens with zero attached hydrogens (tertiary/aromatic N) is 2. The second kappa shape index (κ2) is 9.91. The quantitative estimate of drug-likeness (QED) is 0.603. The highest BCUT2D eigenvalue weighted by Gasteiger charge is 2.29.